The molecule has 0 radical (unpaired) electrons. The number of anilines is 1. The number of fused-ring (bicyclic) bond motifs is 1. The summed E-state index contributed by atoms with van der Waals surface area (Å²) in [6, 6.07) is 1.76. The van der Waals surface area contributed by atoms with E-state index in [1.807, 2.05) is 0 Å². The third-order valence-electron chi connectivity index (χ3n) is 3.89. The average Bonchev–Trinajstić information content (AvgIpc) is 3.10. The summed E-state index contributed by atoms with van der Waals surface area (Å²) in [4.78, 5) is 8.24. The first-order valence-corrected chi connectivity index (χ1v) is 7.29. The van der Waals surface area contributed by atoms with Crippen molar-refractivity contribution in [3.05, 3.63) is 18.6 Å². The quantitative estimate of drug-likeness (QED) is 0.596. The minimum absolute atomic E-state index is 0.298. The van der Waals surface area contributed by atoms with Gasteiger partial charge in [0.15, 0.2) is 12.0 Å². The van der Waals surface area contributed by atoms with E-state index in [0.717, 1.165) is 0 Å². The smallest absolute Gasteiger partial charge is 0.164 e. The molecule has 9 nitrogen and oxygen atoms in total. The zero-order valence-electron chi connectivity index (χ0n) is 12.7. The number of nitrogens with two attached hydrogens (primary N) is 1. The molecule has 0 bridgehead atoms. The lowest BCUT2D eigenvalue weighted by Crippen LogP contribution is -2.36. The summed E-state index contributed by atoms with van der Waals surface area (Å²) in [6.45, 7) is 0.381. The number of nitrogens with zero attached hydrogens (tertiary/aromatic N) is 3. The Bertz CT molecular complexity index is 664. The van der Waals surface area contributed by atoms with Crippen molar-refractivity contribution in [2.24, 2.45) is 0 Å². The highest BCUT2D eigenvalue weighted by atomic mass is 16.6. The number of hydrogen-bond donors (Lipinski definition) is 3. The molecule has 4 N–H and O–H groups in total. The normalized spacial score (nSPS) is 27.8. The van der Waals surface area contributed by atoms with Crippen LogP contribution < -0.4 is 5.73 Å². The van der Waals surface area contributed by atoms with Crippen LogP contribution in [0.25, 0.3) is 11.0 Å². The van der Waals surface area contributed by atoms with Gasteiger partial charge >= 0.3 is 0 Å². The van der Waals surface area contributed by atoms with E-state index in [9.17, 15) is 10.2 Å². The van der Waals surface area contributed by atoms with Gasteiger partial charge in [-0.05, 0) is 6.07 Å². The average molecular weight is 324 g/mol. The SMILES string of the molecule is COCCO[C@@H]1[C@H](O)[C@@H](CO)O[C@H]1n1cnc2c(N)nccc21. The maximum atomic E-state index is 10.3. The predicted octanol–water partition coefficient (Wildman–Crippen LogP) is -0.704. The van der Waals surface area contributed by atoms with Gasteiger partial charge in [0.2, 0.25) is 0 Å². The number of methoxy groups -OCH3 is 1. The second kappa shape index (κ2) is 6.77. The molecule has 1 aliphatic rings. The summed E-state index contributed by atoms with van der Waals surface area (Å²) in [7, 11) is 1.57. The number of imidazole rings is 1. The molecule has 2 aromatic heterocycles. The summed E-state index contributed by atoms with van der Waals surface area (Å²) in [5.74, 6) is 0.315. The molecule has 9 heteroatoms. The molecule has 3 heterocycles. The maximum Gasteiger partial charge on any atom is 0.164 e. The van der Waals surface area contributed by atoms with Crippen LogP contribution in [0.2, 0.25) is 0 Å². The number of rotatable bonds is 6. The van der Waals surface area contributed by atoms with Crippen molar-refractivity contribution in [2.75, 3.05) is 32.7 Å². The molecular weight excluding hydrogens is 304 g/mol. The van der Waals surface area contributed by atoms with Gasteiger partial charge < -0.3 is 34.7 Å². The Kier molecular flexibility index (Phi) is 4.74. The predicted molar refractivity (Wildman–Crippen MR) is 80.6 cm³/mol. The topological polar surface area (TPSA) is 125 Å². The van der Waals surface area contributed by atoms with Crippen molar-refractivity contribution in [2.45, 2.75) is 24.5 Å². The molecule has 0 spiro atoms. The second-order valence-electron chi connectivity index (χ2n) is 5.28. The lowest BCUT2D eigenvalue weighted by atomic mass is 10.1. The van der Waals surface area contributed by atoms with E-state index in [-0.39, 0.29) is 6.61 Å². The van der Waals surface area contributed by atoms with Crippen LogP contribution in [-0.4, -0.2) is 70.0 Å². The van der Waals surface area contributed by atoms with Gasteiger partial charge in [-0.15, -0.1) is 0 Å². The monoisotopic (exact) mass is 324 g/mol. The molecule has 0 unspecified atom stereocenters. The van der Waals surface area contributed by atoms with Crippen LogP contribution >= 0.6 is 0 Å². The molecule has 4 atom stereocenters. The number of ether oxygens (including phenoxy) is 3. The minimum Gasteiger partial charge on any atom is -0.394 e. The highest BCUT2D eigenvalue weighted by Gasteiger charge is 2.45. The minimum atomic E-state index is -0.960. The van der Waals surface area contributed by atoms with Crippen molar-refractivity contribution in [1.82, 2.24) is 14.5 Å². The summed E-state index contributed by atoms with van der Waals surface area (Å²) in [5, 5.41) is 19.7. The van der Waals surface area contributed by atoms with E-state index in [2.05, 4.69) is 9.97 Å². The number of aromatic nitrogens is 3. The van der Waals surface area contributed by atoms with Gasteiger partial charge in [0.1, 0.15) is 23.8 Å². The first kappa shape index (κ1) is 16.1. The Balaban J connectivity index is 1.92. The van der Waals surface area contributed by atoms with E-state index >= 15 is 0 Å². The molecular formula is C14H20N4O5. The van der Waals surface area contributed by atoms with Crippen molar-refractivity contribution in [3.8, 4) is 0 Å². The van der Waals surface area contributed by atoms with Crippen LogP contribution in [0.4, 0.5) is 5.82 Å². The molecule has 2 aromatic rings. The van der Waals surface area contributed by atoms with Crippen LogP contribution in [0, 0.1) is 0 Å². The molecule has 3 rings (SSSR count). The number of aliphatic hydroxyl groups is 2. The van der Waals surface area contributed by atoms with Gasteiger partial charge in [-0.3, -0.25) is 0 Å². The third kappa shape index (κ3) is 2.89. The molecule has 126 valence electrons. The summed E-state index contributed by atoms with van der Waals surface area (Å²) in [5.41, 5.74) is 7.08. The van der Waals surface area contributed by atoms with Crippen molar-refractivity contribution in [3.63, 3.8) is 0 Å². The zero-order chi connectivity index (χ0) is 16.4. The van der Waals surface area contributed by atoms with Crippen LogP contribution in [0.3, 0.4) is 0 Å². The number of aliphatic hydroxyl groups excluding tert-OH is 2. The van der Waals surface area contributed by atoms with Gasteiger partial charge in [0.25, 0.3) is 0 Å². The number of nitrogen functional groups attached to an aromatic ring is 1. The van der Waals surface area contributed by atoms with Crippen LogP contribution in [0.1, 0.15) is 6.23 Å². The lowest BCUT2D eigenvalue weighted by molar-refractivity contribution is -0.0783. The Hall–Kier alpha value is -1.78. The van der Waals surface area contributed by atoms with Crippen molar-refractivity contribution >= 4 is 16.9 Å². The Morgan fingerprint density at radius 3 is 2.96 bits per heavy atom. The van der Waals surface area contributed by atoms with Crippen LogP contribution in [-0.2, 0) is 14.2 Å². The van der Waals surface area contributed by atoms with Gasteiger partial charge in [-0.2, -0.15) is 0 Å². The molecule has 1 fully saturated rings. The largest absolute Gasteiger partial charge is 0.394 e. The Morgan fingerprint density at radius 2 is 2.22 bits per heavy atom. The van der Waals surface area contributed by atoms with Gasteiger partial charge in [-0.1, -0.05) is 0 Å². The summed E-state index contributed by atoms with van der Waals surface area (Å²) >= 11 is 0. The number of pyridine rings is 1. The van der Waals surface area contributed by atoms with Crippen LogP contribution in [0.5, 0.6) is 0 Å². The summed E-state index contributed by atoms with van der Waals surface area (Å²) in [6.07, 6.45) is 0.153. The van der Waals surface area contributed by atoms with Crippen molar-refractivity contribution < 1.29 is 24.4 Å². The van der Waals surface area contributed by atoms with Crippen LogP contribution in [0.15, 0.2) is 18.6 Å². The van der Waals surface area contributed by atoms with Gasteiger partial charge in [0, 0.05) is 13.3 Å². The van der Waals surface area contributed by atoms with E-state index in [0.29, 0.717) is 30.1 Å². The highest BCUT2D eigenvalue weighted by Crippen LogP contribution is 2.34. The molecule has 0 saturated carbocycles. The second-order valence-corrected chi connectivity index (χ2v) is 5.28. The molecule has 0 aromatic carbocycles. The Morgan fingerprint density at radius 1 is 1.39 bits per heavy atom. The fourth-order valence-corrected chi connectivity index (χ4v) is 2.73. The summed E-state index contributed by atoms with van der Waals surface area (Å²) < 4.78 is 18.1. The fourth-order valence-electron chi connectivity index (χ4n) is 2.73. The van der Waals surface area contributed by atoms with Gasteiger partial charge in [-0.25, -0.2) is 9.97 Å². The molecule has 23 heavy (non-hydrogen) atoms. The first-order valence-electron chi connectivity index (χ1n) is 7.29. The Labute approximate surface area is 132 Å². The molecule has 1 saturated heterocycles. The van der Waals surface area contributed by atoms with E-state index in [1.165, 1.54) is 0 Å². The van der Waals surface area contributed by atoms with E-state index in [4.69, 9.17) is 19.9 Å². The zero-order valence-corrected chi connectivity index (χ0v) is 12.7. The number of hydrogen-bond acceptors (Lipinski definition) is 8. The third-order valence-corrected chi connectivity index (χ3v) is 3.89. The lowest BCUT2D eigenvalue weighted by Gasteiger charge is -2.22. The molecule has 0 amide bonds. The molecule has 0 aliphatic carbocycles. The standard InChI is InChI=1S/C14H20N4O5/c1-21-4-5-22-12-11(20)9(6-19)23-14(12)18-7-17-10-8(18)2-3-16-13(10)15/h2-3,7,9,11-12,14,19-20H,4-6H2,1H3,(H2,15,16)/t9-,11-,12-,14-/m1/s1. The highest BCUT2D eigenvalue weighted by molar-refractivity contribution is 5.84. The van der Waals surface area contributed by atoms with E-state index < -0.39 is 24.5 Å². The fraction of sp³-hybridized carbons (Fsp3) is 0.571. The molecule has 1 aliphatic heterocycles. The first-order chi connectivity index (χ1) is 11.2. The van der Waals surface area contributed by atoms with Gasteiger partial charge in [0.05, 0.1) is 31.7 Å². The van der Waals surface area contributed by atoms with E-state index in [1.54, 1.807) is 30.3 Å². The maximum absolute atomic E-state index is 10.3. The van der Waals surface area contributed by atoms with Crippen molar-refractivity contribution in [1.29, 1.82) is 0 Å².